The number of alkyl carbamates (subject to hydrolysis) is 1. The number of aldehydes is 1. The van der Waals surface area contributed by atoms with Crippen LogP contribution in [0, 0.1) is 0 Å². The van der Waals surface area contributed by atoms with Gasteiger partial charge >= 0.3 is 6.09 Å². The number of β-amino-alcohol motifs (C(OH)–C–C–N with tert-alkyl or cyclic N) is 1. The molecular weight excluding hydrogens is 460 g/mol. The van der Waals surface area contributed by atoms with Crippen LogP contribution in [0.15, 0.2) is 35.3 Å². The van der Waals surface area contributed by atoms with Gasteiger partial charge in [-0.2, -0.15) is 0 Å². The van der Waals surface area contributed by atoms with Gasteiger partial charge in [-0.25, -0.2) is 4.79 Å². The number of ether oxygens (including phenoxy) is 1. The first kappa shape index (κ1) is 27.5. The minimum absolute atomic E-state index is 0.0389. The van der Waals surface area contributed by atoms with E-state index >= 15 is 0 Å². The van der Waals surface area contributed by atoms with Crippen LogP contribution in [-0.4, -0.2) is 89.2 Å². The highest BCUT2D eigenvalue weighted by atomic mass is 16.5. The van der Waals surface area contributed by atoms with Gasteiger partial charge in [-0.3, -0.25) is 14.6 Å². The second kappa shape index (κ2) is 13.9. The lowest BCUT2D eigenvalue weighted by Gasteiger charge is -2.28. The maximum Gasteiger partial charge on any atom is 0.408 e. The number of aliphatic hydroxyl groups is 2. The Hall–Kier alpha value is -3.71. The van der Waals surface area contributed by atoms with Crippen molar-refractivity contribution in [2.75, 3.05) is 19.7 Å². The highest BCUT2D eigenvalue weighted by molar-refractivity contribution is 5.92. The first-order chi connectivity index (χ1) is 16.7. The summed E-state index contributed by atoms with van der Waals surface area (Å²) in [5, 5.41) is 24.6. The Morgan fingerprint density at radius 2 is 1.94 bits per heavy atom. The number of rotatable bonds is 12. The average Bonchev–Trinajstić information content (AvgIpc) is 3.24. The van der Waals surface area contributed by atoms with Crippen LogP contribution in [0.4, 0.5) is 4.79 Å². The molecule has 1 saturated heterocycles. The smallest absolute Gasteiger partial charge is 0.408 e. The third-order valence-electron chi connectivity index (χ3n) is 5.31. The molecule has 0 aromatic heterocycles. The minimum atomic E-state index is -1.39. The lowest BCUT2D eigenvalue weighted by molar-refractivity contribution is -0.141. The maximum atomic E-state index is 13.0. The van der Waals surface area contributed by atoms with Gasteiger partial charge in [0.25, 0.3) is 0 Å². The van der Waals surface area contributed by atoms with Crippen LogP contribution in [-0.2, 0) is 25.7 Å². The molecule has 2 rings (SSSR count). The third kappa shape index (κ3) is 8.87. The highest BCUT2D eigenvalue weighted by Gasteiger charge is 2.41. The first-order valence-electron chi connectivity index (χ1n) is 11.1. The monoisotopic (exact) mass is 492 g/mol. The number of aliphatic hydroxyl groups excluding tert-OH is 2. The molecule has 4 atom stereocenters. The number of nitrogens with two attached hydrogens (primary N) is 2. The number of aliphatic imine (C=N–C) groups is 1. The summed E-state index contributed by atoms with van der Waals surface area (Å²) in [5.74, 6) is -1.49. The molecule has 1 aromatic rings. The maximum absolute atomic E-state index is 13.0. The average molecular weight is 493 g/mol. The summed E-state index contributed by atoms with van der Waals surface area (Å²) < 4.78 is 5.07. The summed E-state index contributed by atoms with van der Waals surface area (Å²) in [6, 6.07) is 5.55. The molecule has 0 radical (unpaired) electrons. The number of carbonyl (C=O) groups is 4. The van der Waals surface area contributed by atoms with Gasteiger partial charge in [0, 0.05) is 19.5 Å². The molecular formula is C22H32N6O7. The molecule has 0 unspecified atom stereocenters. The van der Waals surface area contributed by atoms with E-state index in [4.69, 9.17) is 16.2 Å². The number of benzene rings is 1. The van der Waals surface area contributed by atoms with Crippen LogP contribution in [0.25, 0.3) is 0 Å². The molecule has 0 bridgehead atoms. The fourth-order valence-corrected chi connectivity index (χ4v) is 3.57. The van der Waals surface area contributed by atoms with Gasteiger partial charge in [-0.1, -0.05) is 30.3 Å². The van der Waals surface area contributed by atoms with Gasteiger partial charge in [-0.05, 0) is 18.4 Å². The quantitative estimate of drug-likeness (QED) is 0.0821. The Balaban J connectivity index is 1.95. The molecule has 0 saturated carbocycles. The van der Waals surface area contributed by atoms with Gasteiger partial charge in [-0.15, -0.1) is 0 Å². The van der Waals surface area contributed by atoms with Crippen molar-refractivity contribution >= 4 is 30.2 Å². The SMILES string of the molecule is NC(N)=NCCC[C@@H](C=O)NC(=O)[C@@H]1C[C@@H](O)CN1C(=O)[C@@H](CO)NC(=O)OCc1ccccc1. The molecule has 13 nitrogen and oxygen atoms in total. The molecule has 3 amide bonds. The predicted molar refractivity (Wildman–Crippen MR) is 125 cm³/mol. The van der Waals surface area contributed by atoms with Crippen molar-refractivity contribution in [3.8, 4) is 0 Å². The molecule has 13 heteroatoms. The lowest BCUT2D eigenvalue weighted by atomic mass is 10.1. The number of nitrogens with one attached hydrogen (secondary N) is 2. The fourth-order valence-electron chi connectivity index (χ4n) is 3.57. The number of hydrogen-bond acceptors (Lipinski definition) is 8. The zero-order valence-corrected chi connectivity index (χ0v) is 19.2. The number of hydrogen-bond donors (Lipinski definition) is 6. The van der Waals surface area contributed by atoms with Crippen molar-refractivity contribution in [2.45, 2.75) is 50.1 Å². The Labute approximate surface area is 202 Å². The van der Waals surface area contributed by atoms with Crippen LogP contribution >= 0.6 is 0 Å². The molecule has 1 aliphatic rings. The van der Waals surface area contributed by atoms with Gasteiger partial charge in [0.05, 0.1) is 18.8 Å². The van der Waals surface area contributed by atoms with Crippen molar-refractivity contribution < 1.29 is 34.1 Å². The zero-order chi connectivity index (χ0) is 25.8. The van der Waals surface area contributed by atoms with E-state index in [1.54, 1.807) is 24.3 Å². The van der Waals surface area contributed by atoms with E-state index in [2.05, 4.69) is 15.6 Å². The number of likely N-dealkylation sites (tertiary alicyclic amines) is 1. The fraction of sp³-hybridized carbons (Fsp3) is 0.500. The van der Waals surface area contributed by atoms with E-state index < -0.39 is 48.7 Å². The highest BCUT2D eigenvalue weighted by Crippen LogP contribution is 2.20. The Morgan fingerprint density at radius 3 is 2.57 bits per heavy atom. The second-order valence-electron chi connectivity index (χ2n) is 8.04. The van der Waals surface area contributed by atoms with E-state index in [1.807, 2.05) is 6.07 Å². The van der Waals surface area contributed by atoms with Crippen LogP contribution < -0.4 is 22.1 Å². The van der Waals surface area contributed by atoms with Gasteiger partial charge in [0.15, 0.2) is 5.96 Å². The molecule has 0 aliphatic carbocycles. The number of amides is 3. The summed E-state index contributed by atoms with van der Waals surface area (Å²) in [7, 11) is 0. The second-order valence-corrected chi connectivity index (χ2v) is 8.04. The normalized spacial score (nSPS) is 18.7. The zero-order valence-electron chi connectivity index (χ0n) is 19.2. The summed E-state index contributed by atoms with van der Waals surface area (Å²) in [5.41, 5.74) is 11.2. The topological polar surface area (TPSA) is 210 Å². The molecule has 1 heterocycles. The summed E-state index contributed by atoms with van der Waals surface area (Å²) >= 11 is 0. The minimum Gasteiger partial charge on any atom is -0.445 e. The number of carbonyl (C=O) groups excluding carboxylic acids is 4. The van der Waals surface area contributed by atoms with Crippen LogP contribution in [0.2, 0.25) is 0 Å². The standard InChI is InChI=1S/C22H32N6O7/c23-21(24)25-8-4-7-15(11-29)26-19(32)18-9-16(31)10-28(18)20(33)17(12-30)27-22(34)35-13-14-5-2-1-3-6-14/h1-3,5-6,11,15-18,30-31H,4,7-10,12-13H2,(H,26,32)(H,27,34)(H4,23,24,25)/t15-,16+,17+,18-/m0/s1. The Morgan fingerprint density at radius 1 is 1.23 bits per heavy atom. The molecule has 1 aromatic carbocycles. The summed E-state index contributed by atoms with van der Waals surface area (Å²) in [6.45, 7) is -0.686. The van der Waals surface area contributed by atoms with E-state index in [9.17, 15) is 29.4 Å². The molecule has 0 spiro atoms. The molecule has 1 aliphatic heterocycles. The van der Waals surface area contributed by atoms with Crippen LogP contribution in [0.5, 0.6) is 0 Å². The van der Waals surface area contributed by atoms with Crippen molar-refractivity contribution in [3.63, 3.8) is 0 Å². The van der Waals surface area contributed by atoms with Crippen molar-refractivity contribution in [3.05, 3.63) is 35.9 Å². The largest absolute Gasteiger partial charge is 0.445 e. The van der Waals surface area contributed by atoms with E-state index in [0.717, 1.165) is 10.5 Å². The van der Waals surface area contributed by atoms with Crippen LogP contribution in [0.3, 0.4) is 0 Å². The predicted octanol–water partition coefficient (Wildman–Crippen LogP) is -2.03. The van der Waals surface area contributed by atoms with E-state index in [-0.39, 0.29) is 38.5 Å². The van der Waals surface area contributed by atoms with Crippen LogP contribution in [0.1, 0.15) is 24.8 Å². The summed E-state index contributed by atoms with van der Waals surface area (Å²) in [4.78, 5) is 54.1. The number of guanidine groups is 1. The lowest BCUT2D eigenvalue weighted by Crippen LogP contribution is -2.55. The van der Waals surface area contributed by atoms with E-state index in [0.29, 0.717) is 12.7 Å². The van der Waals surface area contributed by atoms with Crippen molar-refractivity contribution in [1.29, 1.82) is 0 Å². The van der Waals surface area contributed by atoms with Gasteiger partial charge < -0.3 is 46.7 Å². The molecule has 35 heavy (non-hydrogen) atoms. The Bertz CT molecular complexity index is 894. The Kier molecular flexibility index (Phi) is 10.9. The molecule has 8 N–H and O–H groups in total. The molecule has 1 fully saturated rings. The summed E-state index contributed by atoms with van der Waals surface area (Å²) in [6.07, 6.45) is -0.721. The van der Waals surface area contributed by atoms with Crippen molar-refractivity contribution in [1.82, 2.24) is 15.5 Å². The molecule has 192 valence electrons. The van der Waals surface area contributed by atoms with Crippen molar-refractivity contribution in [2.24, 2.45) is 16.5 Å². The number of nitrogens with zero attached hydrogens (tertiary/aromatic N) is 2. The van der Waals surface area contributed by atoms with Gasteiger partial charge in [0.2, 0.25) is 11.8 Å². The third-order valence-corrected chi connectivity index (χ3v) is 5.31. The van der Waals surface area contributed by atoms with E-state index in [1.165, 1.54) is 0 Å². The van der Waals surface area contributed by atoms with Gasteiger partial charge in [0.1, 0.15) is 25.0 Å². The first-order valence-corrected chi connectivity index (χ1v) is 11.1.